The van der Waals surface area contributed by atoms with E-state index in [9.17, 15) is 0 Å². The molecule has 1 aromatic heterocycles. The van der Waals surface area contributed by atoms with Crippen molar-refractivity contribution in [3.05, 3.63) is 29.6 Å². The molecule has 0 spiro atoms. The molecule has 2 fully saturated rings. The molecule has 2 N–H and O–H groups in total. The lowest BCUT2D eigenvalue weighted by atomic mass is 9.92. The van der Waals surface area contributed by atoms with Gasteiger partial charge < -0.3 is 0 Å². The molecule has 0 amide bonds. The number of hydrogen-bond acceptors (Lipinski definition) is 4. The van der Waals surface area contributed by atoms with Gasteiger partial charge in [-0.05, 0) is 51.4 Å². The normalized spacial score (nSPS) is 32.0. The molecule has 3 rings (SSSR count). The molecule has 2 saturated heterocycles. The highest BCUT2D eigenvalue weighted by Crippen LogP contribution is 2.25. The number of likely N-dealkylation sites (tertiary alicyclic amines) is 1. The highest BCUT2D eigenvalue weighted by Gasteiger charge is 2.31. The van der Waals surface area contributed by atoms with Crippen molar-refractivity contribution < 1.29 is 0 Å². The first-order valence-corrected chi connectivity index (χ1v) is 7.42. The van der Waals surface area contributed by atoms with Crippen molar-refractivity contribution in [2.24, 2.45) is 0 Å². The van der Waals surface area contributed by atoms with Crippen LogP contribution in [-0.4, -0.2) is 35.1 Å². The van der Waals surface area contributed by atoms with Gasteiger partial charge in [0.05, 0.1) is 0 Å². The van der Waals surface area contributed by atoms with Crippen LogP contribution in [0.2, 0.25) is 0 Å². The predicted octanol–water partition coefficient (Wildman–Crippen LogP) is 1.65. The Morgan fingerprint density at radius 3 is 2.42 bits per heavy atom. The van der Waals surface area contributed by atoms with Crippen LogP contribution >= 0.6 is 0 Å². The zero-order chi connectivity index (χ0) is 13.2. The van der Waals surface area contributed by atoms with E-state index >= 15 is 0 Å². The SMILES string of the molecule is CC1NNC(C)C1c1ccc(CN2CCCC2)cn1. The number of pyridine rings is 1. The fraction of sp³-hybridized carbons (Fsp3) is 0.667. The molecular weight excluding hydrogens is 236 g/mol. The van der Waals surface area contributed by atoms with Crippen molar-refractivity contribution in [3.63, 3.8) is 0 Å². The van der Waals surface area contributed by atoms with Crippen LogP contribution in [0.1, 0.15) is 43.9 Å². The highest BCUT2D eigenvalue weighted by molar-refractivity contribution is 5.20. The summed E-state index contributed by atoms with van der Waals surface area (Å²) in [4.78, 5) is 7.21. The zero-order valence-corrected chi connectivity index (χ0v) is 11.9. The van der Waals surface area contributed by atoms with Gasteiger partial charge >= 0.3 is 0 Å². The molecule has 2 aliphatic heterocycles. The maximum Gasteiger partial charge on any atom is 0.0466 e. The summed E-state index contributed by atoms with van der Waals surface area (Å²) in [5.74, 6) is 0.459. The smallest absolute Gasteiger partial charge is 0.0466 e. The molecule has 4 nitrogen and oxygen atoms in total. The van der Waals surface area contributed by atoms with Crippen LogP contribution in [0, 0.1) is 0 Å². The van der Waals surface area contributed by atoms with Gasteiger partial charge in [-0.3, -0.25) is 20.7 Å². The average Bonchev–Trinajstić information content (AvgIpc) is 3.02. The molecule has 0 aliphatic carbocycles. The molecule has 2 unspecified atom stereocenters. The Kier molecular flexibility index (Phi) is 3.82. The van der Waals surface area contributed by atoms with Gasteiger partial charge in [-0.25, -0.2) is 0 Å². The average molecular weight is 260 g/mol. The summed E-state index contributed by atoms with van der Waals surface area (Å²) >= 11 is 0. The zero-order valence-electron chi connectivity index (χ0n) is 11.9. The van der Waals surface area contributed by atoms with Gasteiger partial charge in [-0.1, -0.05) is 6.07 Å². The summed E-state index contributed by atoms with van der Waals surface area (Å²) < 4.78 is 0. The van der Waals surface area contributed by atoms with Gasteiger partial charge in [0.25, 0.3) is 0 Å². The quantitative estimate of drug-likeness (QED) is 0.867. The molecule has 19 heavy (non-hydrogen) atoms. The molecular formula is C15H24N4. The molecule has 0 aromatic carbocycles. The van der Waals surface area contributed by atoms with E-state index in [-0.39, 0.29) is 0 Å². The second-order valence-electron chi connectivity index (χ2n) is 5.97. The summed E-state index contributed by atoms with van der Waals surface area (Å²) in [5.41, 5.74) is 9.12. The second kappa shape index (κ2) is 5.57. The van der Waals surface area contributed by atoms with Crippen molar-refractivity contribution in [2.45, 2.75) is 51.2 Å². The molecule has 104 valence electrons. The second-order valence-corrected chi connectivity index (χ2v) is 5.97. The molecule has 2 aliphatic rings. The van der Waals surface area contributed by atoms with Crippen LogP contribution in [0.25, 0.3) is 0 Å². The fourth-order valence-corrected chi connectivity index (χ4v) is 3.31. The first-order chi connectivity index (χ1) is 9.24. The first kappa shape index (κ1) is 13.0. The Labute approximate surface area is 115 Å². The Bertz CT molecular complexity index is 401. The summed E-state index contributed by atoms with van der Waals surface area (Å²) in [7, 11) is 0. The summed E-state index contributed by atoms with van der Waals surface area (Å²) in [6.07, 6.45) is 4.76. The topological polar surface area (TPSA) is 40.2 Å². The Morgan fingerprint density at radius 1 is 1.16 bits per heavy atom. The van der Waals surface area contributed by atoms with E-state index in [1.54, 1.807) is 0 Å². The monoisotopic (exact) mass is 260 g/mol. The van der Waals surface area contributed by atoms with E-state index in [1.165, 1.54) is 37.2 Å². The maximum atomic E-state index is 4.70. The van der Waals surface area contributed by atoms with Gasteiger partial charge in [0.15, 0.2) is 0 Å². The molecule has 1 aromatic rings. The number of rotatable bonds is 3. The minimum absolute atomic E-state index is 0.437. The van der Waals surface area contributed by atoms with E-state index in [0.717, 1.165) is 6.54 Å². The third-order valence-electron chi connectivity index (χ3n) is 4.41. The first-order valence-electron chi connectivity index (χ1n) is 7.42. The number of aromatic nitrogens is 1. The Balaban J connectivity index is 1.68. The van der Waals surface area contributed by atoms with Gasteiger partial charge in [0.2, 0.25) is 0 Å². The third kappa shape index (κ3) is 2.81. The van der Waals surface area contributed by atoms with Gasteiger partial charge in [0.1, 0.15) is 0 Å². The van der Waals surface area contributed by atoms with Gasteiger partial charge in [-0.2, -0.15) is 0 Å². The minimum atomic E-state index is 0.437. The van der Waals surface area contributed by atoms with Crippen LogP contribution < -0.4 is 10.9 Å². The molecule has 3 heterocycles. The predicted molar refractivity (Wildman–Crippen MR) is 76.7 cm³/mol. The number of nitrogens with one attached hydrogen (secondary N) is 2. The highest BCUT2D eigenvalue weighted by atomic mass is 15.4. The lowest BCUT2D eigenvalue weighted by Gasteiger charge is -2.18. The van der Waals surface area contributed by atoms with Crippen molar-refractivity contribution in [1.29, 1.82) is 0 Å². The fourth-order valence-electron chi connectivity index (χ4n) is 3.31. The van der Waals surface area contributed by atoms with E-state index in [1.807, 2.05) is 0 Å². The molecule has 0 bridgehead atoms. The van der Waals surface area contributed by atoms with Crippen LogP contribution in [0.5, 0.6) is 0 Å². The van der Waals surface area contributed by atoms with Crippen molar-refractivity contribution in [3.8, 4) is 0 Å². The lowest BCUT2D eigenvalue weighted by molar-refractivity contribution is 0.331. The standard InChI is InChI=1S/C15H24N4/c1-11-15(12(2)18-17-11)14-6-5-13(9-16-14)10-19-7-3-4-8-19/h5-6,9,11-12,15,17-18H,3-4,7-8,10H2,1-2H3. The molecule has 0 saturated carbocycles. The lowest BCUT2D eigenvalue weighted by Crippen LogP contribution is -2.30. The summed E-state index contributed by atoms with van der Waals surface area (Å²) in [6.45, 7) is 7.96. The summed E-state index contributed by atoms with van der Waals surface area (Å²) in [5, 5.41) is 0. The van der Waals surface area contributed by atoms with Gasteiger partial charge in [-0.15, -0.1) is 0 Å². The Morgan fingerprint density at radius 2 is 1.84 bits per heavy atom. The minimum Gasteiger partial charge on any atom is -0.299 e. The van der Waals surface area contributed by atoms with Crippen LogP contribution in [0.3, 0.4) is 0 Å². The van der Waals surface area contributed by atoms with Gasteiger partial charge in [0, 0.05) is 36.4 Å². The number of hydrazine groups is 1. The van der Waals surface area contributed by atoms with Crippen LogP contribution in [0.4, 0.5) is 0 Å². The number of hydrogen-bond donors (Lipinski definition) is 2. The summed E-state index contributed by atoms with van der Waals surface area (Å²) in [6, 6.07) is 5.33. The van der Waals surface area contributed by atoms with E-state index in [0.29, 0.717) is 18.0 Å². The largest absolute Gasteiger partial charge is 0.299 e. The molecule has 0 radical (unpaired) electrons. The van der Waals surface area contributed by atoms with Crippen molar-refractivity contribution in [2.75, 3.05) is 13.1 Å². The van der Waals surface area contributed by atoms with Crippen molar-refractivity contribution >= 4 is 0 Å². The molecule has 4 heteroatoms. The van der Waals surface area contributed by atoms with Crippen LogP contribution in [0.15, 0.2) is 18.3 Å². The third-order valence-corrected chi connectivity index (χ3v) is 4.41. The van der Waals surface area contributed by atoms with E-state index < -0.39 is 0 Å². The van der Waals surface area contributed by atoms with E-state index in [2.05, 4.69) is 47.9 Å². The van der Waals surface area contributed by atoms with Crippen molar-refractivity contribution in [1.82, 2.24) is 20.7 Å². The molecule has 2 atom stereocenters. The van der Waals surface area contributed by atoms with Crippen LogP contribution in [-0.2, 0) is 6.54 Å². The maximum absolute atomic E-state index is 4.70. The Hall–Kier alpha value is -0.970. The number of nitrogens with zero attached hydrogens (tertiary/aromatic N) is 2. The van der Waals surface area contributed by atoms with E-state index in [4.69, 9.17) is 4.98 Å².